The predicted octanol–water partition coefficient (Wildman–Crippen LogP) is 1.94. The third-order valence-corrected chi connectivity index (χ3v) is 6.34. The fourth-order valence-corrected chi connectivity index (χ4v) is 4.47. The first-order valence-electron chi connectivity index (χ1n) is 9.96. The number of aromatic nitrogens is 2. The maximum Gasteiger partial charge on any atom is 0.257 e. The van der Waals surface area contributed by atoms with Gasteiger partial charge >= 0.3 is 0 Å². The number of nitrogens with zero attached hydrogens (tertiary/aromatic N) is 3. The number of allylic oxidation sites excluding steroid dienone is 1. The van der Waals surface area contributed by atoms with Gasteiger partial charge < -0.3 is 15.2 Å². The minimum absolute atomic E-state index is 0.0671. The Hall–Kier alpha value is -2.42. The van der Waals surface area contributed by atoms with Crippen LogP contribution in [0.4, 0.5) is 0 Å². The van der Waals surface area contributed by atoms with E-state index in [-0.39, 0.29) is 18.0 Å². The van der Waals surface area contributed by atoms with Gasteiger partial charge in [0.15, 0.2) is 5.82 Å². The summed E-state index contributed by atoms with van der Waals surface area (Å²) in [7, 11) is 0. The molecule has 0 saturated carbocycles. The van der Waals surface area contributed by atoms with Gasteiger partial charge in [0.1, 0.15) is 6.17 Å². The molecular weight excluding hydrogens is 392 g/mol. The molecule has 2 unspecified atom stereocenters. The fourth-order valence-electron chi connectivity index (χ4n) is 4.29. The Kier molecular flexibility index (Phi) is 4.77. The summed E-state index contributed by atoms with van der Waals surface area (Å²) in [5.74, 6) is 1.19. The average molecular weight is 415 g/mol. The van der Waals surface area contributed by atoms with Crippen molar-refractivity contribution >= 4 is 17.5 Å². The minimum Gasteiger partial charge on any atom is -0.334 e. The Morgan fingerprint density at radius 2 is 2.10 bits per heavy atom. The highest BCUT2D eigenvalue weighted by molar-refractivity contribution is 6.31. The van der Waals surface area contributed by atoms with Gasteiger partial charge in [0, 0.05) is 34.8 Å². The van der Waals surface area contributed by atoms with Crippen molar-refractivity contribution in [2.24, 2.45) is 5.92 Å². The van der Waals surface area contributed by atoms with Gasteiger partial charge in [-0.15, -0.1) is 0 Å². The highest BCUT2D eigenvalue weighted by atomic mass is 35.5. The van der Waals surface area contributed by atoms with Crippen LogP contribution in [0, 0.1) is 12.8 Å². The van der Waals surface area contributed by atoms with Crippen molar-refractivity contribution in [3.05, 3.63) is 46.4 Å². The molecule has 5 rings (SSSR count). The summed E-state index contributed by atoms with van der Waals surface area (Å²) in [6, 6.07) is 5.67. The van der Waals surface area contributed by atoms with Gasteiger partial charge in [0.2, 0.25) is 5.91 Å². The Morgan fingerprint density at radius 3 is 2.90 bits per heavy atom. The van der Waals surface area contributed by atoms with Crippen molar-refractivity contribution < 1.29 is 9.32 Å². The molecule has 2 fully saturated rings. The zero-order chi connectivity index (χ0) is 20.0. The molecule has 0 radical (unpaired) electrons. The molecule has 29 heavy (non-hydrogen) atoms. The molecule has 152 valence electrons. The monoisotopic (exact) mass is 414 g/mol. The van der Waals surface area contributed by atoms with E-state index in [9.17, 15) is 4.79 Å². The summed E-state index contributed by atoms with van der Waals surface area (Å²) < 4.78 is 5.51. The molecule has 9 heteroatoms. The van der Waals surface area contributed by atoms with Crippen LogP contribution < -0.4 is 16.1 Å². The fraction of sp³-hybridized carbons (Fsp3) is 0.450. The number of hydrogen-bond acceptors (Lipinski definition) is 7. The number of piperidine rings is 1. The minimum atomic E-state index is -0.232. The van der Waals surface area contributed by atoms with E-state index in [1.54, 1.807) is 6.08 Å². The first-order valence-corrected chi connectivity index (χ1v) is 10.3. The van der Waals surface area contributed by atoms with E-state index < -0.39 is 0 Å². The topological polar surface area (TPSA) is 95.3 Å². The van der Waals surface area contributed by atoms with E-state index >= 15 is 0 Å². The summed E-state index contributed by atoms with van der Waals surface area (Å²) >= 11 is 6.23. The van der Waals surface area contributed by atoms with E-state index in [0.29, 0.717) is 29.2 Å². The second-order valence-corrected chi connectivity index (χ2v) is 8.21. The maximum absolute atomic E-state index is 12.4. The van der Waals surface area contributed by atoms with Gasteiger partial charge in [-0.05, 0) is 50.6 Å². The third kappa shape index (κ3) is 3.41. The SMILES string of the molecule is Cc1ccc(-c2nc(C3CNN4C(C5CCNCC5)=CC(=O)NC34)no2)cc1Cl. The lowest BCUT2D eigenvalue weighted by Gasteiger charge is -2.38. The van der Waals surface area contributed by atoms with Gasteiger partial charge in [-0.25, -0.2) is 5.43 Å². The van der Waals surface area contributed by atoms with Crippen molar-refractivity contribution in [1.29, 1.82) is 0 Å². The van der Waals surface area contributed by atoms with Crippen LogP contribution in [-0.2, 0) is 4.79 Å². The summed E-state index contributed by atoms with van der Waals surface area (Å²) in [6.45, 7) is 4.52. The first-order chi connectivity index (χ1) is 14.1. The Morgan fingerprint density at radius 1 is 1.28 bits per heavy atom. The molecule has 3 N–H and O–H groups in total. The number of carbonyl (C=O) groups is 1. The summed E-state index contributed by atoms with van der Waals surface area (Å²) in [5, 5.41) is 13.4. The van der Waals surface area contributed by atoms with Crippen LogP contribution in [0.15, 0.2) is 34.5 Å². The second-order valence-electron chi connectivity index (χ2n) is 7.81. The standard InChI is InChI=1S/C20H23ClN6O2/c1-11-2-3-13(8-15(11)21)20-25-18(26-29-20)14-10-23-27-16(9-17(28)24-19(14)27)12-4-6-22-7-5-12/h2-3,8-9,12,14,19,22-23H,4-7,10H2,1H3,(H,24,28). The third-order valence-electron chi connectivity index (χ3n) is 5.94. The molecule has 1 aromatic carbocycles. The van der Waals surface area contributed by atoms with Crippen molar-refractivity contribution in [3.63, 3.8) is 0 Å². The largest absolute Gasteiger partial charge is 0.334 e. The Balaban J connectivity index is 1.39. The molecule has 1 amide bonds. The number of hydrazine groups is 1. The van der Waals surface area contributed by atoms with Crippen LogP contribution in [0.3, 0.4) is 0 Å². The maximum atomic E-state index is 12.4. The van der Waals surface area contributed by atoms with E-state index in [2.05, 4.69) is 31.2 Å². The molecule has 0 bridgehead atoms. The number of hydrogen-bond donors (Lipinski definition) is 3. The number of nitrogens with one attached hydrogen (secondary N) is 3. The second kappa shape index (κ2) is 7.44. The number of rotatable bonds is 3. The van der Waals surface area contributed by atoms with E-state index in [4.69, 9.17) is 16.1 Å². The van der Waals surface area contributed by atoms with E-state index in [1.807, 2.05) is 25.1 Å². The number of aryl methyl sites for hydroxylation is 1. The lowest BCUT2D eigenvalue weighted by molar-refractivity contribution is -0.119. The quantitative estimate of drug-likeness (QED) is 0.706. The van der Waals surface area contributed by atoms with Gasteiger partial charge in [-0.2, -0.15) is 4.98 Å². The van der Waals surface area contributed by atoms with Crippen molar-refractivity contribution in [3.8, 4) is 11.5 Å². The summed E-state index contributed by atoms with van der Waals surface area (Å²) in [5.41, 5.74) is 6.26. The van der Waals surface area contributed by atoms with Crippen LogP contribution in [-0.4, -0.2) is 46.9 Å². The van der Waals surface area contributed by atoms with Gasteiger partial charge in [-0.3, -0.25) is 9.80 Å². The van der Waals surface area contributed by atoms with Gasteiger partial charge in [0.05, 0.1) is 5.92 Å². The molecule has 1 aromatic heterocycles. The average Bonchev–Trinajstić information content (AvgIpc) is 3.37. The number of amides is 1. The molecule has 3 aliphatic heterocycles. The zero-order valence-electron chi connectivity index (χ0n) is 16.1. The molecule has 8 nitrogen and oxygen atoms in total. The summed E-state index contributed by atoms with van der Waals surface area (Å²) in [4.78, 5) is 17.0. The van der Waals surface area contributed by atoms with Gasteiger partial charge in [0.25, 0.3) is 5.89 Å². The van der Waals surface area contributed by atoms with Crippen LogP contribution in [0.2, 0.25) is 5.02 Å². The first kappa shape index (κ1) is 18.6. The lowest BCUT2D eigenvalue weighted by Crippen LogP contribution is -2.54. The van der Waals surface area contributed by atoms with E-state index in [0.717, 1.165) is 42.8 Å². The number of halogens is 1. The molecule has 0 aliphatic carbocycles. The van der Waals surface area contributed by atoms with Crippen LogP contribution in [0.25, 0.3) is 11.5 Å². The predicted molar refractivity (Wildman–Crippen MR) is 108 cm³/mol. The molecule has 3 aliphatic rings. The van der Waals surface area contributed by atoms with Crippen molar-refractivity contribution in [1.82, 2.24) is 31.2 Å². The van der Waals surface area contributed by atoms with Crippen LogP contribution in [0.1, 0.15) is 30.1 Å². The Bertz CT molecular complexity index is 968. The molecule has 2 aromatic rings. The lowest BCUT2D eigenvalue weighted by atomic mass is 9.92. The highest BCUT2D eigenvalue weighted by Gasteiger charge is 2.43. The molecule has 2 atom stereocenters. The van der Waals surface area contributed by atoms with Crippen LogP contribution >= 0.6 is 11.6 Å². The number of fused-ring (bicyclic) bond motifs is 1. The molecule has 0 spiro atoms. The molecule has 2 saturated heterocycles. The smallest absolute Gasteiger partial charge is 0.257 e. The Labute approximate surface area is 173 Å². The van der Waals surface area contributed by atoms with Crippen molar-refractivity contribution in [2.45, 2.75) is 31.8 Å². The molecule has 4 heterocycles. The van der Waals surface area contributed by atoms with E-state index in [1.165, 1.54) is 0 Å². The normalized spacial score (nSPS) is 25.0. The zero-order valence-corrected chi connectivity index (χ0v) is 16.9. The molecular formula is C20H23ClN6O2. The van der Waals surface area contributed by atoms with Crippen LogP contribution in [0.5, 0.6) is 0 Å². The number of benzene rings is 1. The summed E-state index contributed by atoms with van der Waals surface area (Å²) in [6.07, 6.45) is 3.53. The highest BCUT2D eigenvalue weighted by Crippen LogP contribution is 2.35. The van der Waals surface area contributed by atoms with Gasteiger partial charge in [-0.1, -0.05) is 22.8 Å². The van der Waals surface area contributed by atoms with Crippen molar-refractivity contribution in [2.75, 3.05) is 19.6 Å². The number of carbonyl (C=O) groups excluding carboxylic acids is 1.